The van der Waals surface area contributed by atoms with Gasteiger partial charge in [-0.3, -0.25) is 4.98 Å². The molecule has 3 aromatic rings. The van der Waals surface area contributed by atoms with Gasteiger partial charge >= 0.3 is 6.18 Å². The SMILES string of the molecule is FC(F)(F)c1ccc(CNCc2ncc(-c3cccnc3)s2)cc1. The van der Waals surface area contributed by atoms with Gasteiger partial charge in [0.05, 0.1) is 10.4 Å². The van der Waals surface area contributed by atoms with Crippen molar-refractivity contribution in [2.75, 3.05) is 0 Å². The number of nitrogens with one attached hydrogen (secondary N) is 1. The first-order valence-corrected chi connectivity index (χ1v) is 8.06. The summed E-state index contributed by atoms with van der Waals surface area (Å²) >= 11 is 1.56. The van der Waals surface area contributed by atoms with E-state index in [0.717, 1.165) is 33.1 Å². The van der Waals surface area contributed by atoms with Crippen LogP contribution in [-0.2, 0) is 19.3 Å². The van der Waals surface area contributed by atoms with Crippen LogP contribution >= 0.6 is 11.3 Å². The summed E-state index contributed by atoms with van der Waals surface area (Å²) in [5.41, 5.74) is 1.18. The molecular formula is C17H14F3N3S. The van der Waals surface area contributed by atoms with Gasteiger partial charge in [-0.05, 0) is 23.8 Å². The summed E-state index contributed by atoms with van der Waals surface area (Å²) in [6.07, 6.45) is 1.01. The van der Waals surface area contributed by atoms with Gasteiger partial charge in [-0.15, -0.1) is 11.3 Å². The Labute approximate surface area is 141 Å². The summed E-state index contributed by atoms with van der Waals surface area (Å²) in [6.45, 7) is 1.05. The minimum atomic E-state index is -4.30. The molecule has 0 unspecified atom stereocenters. The lowest BCUT2D eigenvalue weighted by Crippen LogP contribution is -2.12. The van der Waals surface area contributed by atoms with Crippen molar-refractivity contribution in [3.05, 3.63) is 71.1 Å². The molecule has 2 aromatic heterocycles. The molecule has 2 heterocycles. The van der Waals surface area contributed by atoms with E-state index < -0.39 is 11.7 Å². The quantitative estimate of drug-likeness (QED) is 0.736. The van der Waals surface area contributed by atoms with Gasteiger partial charge in [0.2, 0.25) is 0 Å². The van der Waals surface area contributed by atoms with Crippen molar-refractivity contribution in [2.24, 2.45) is 0 Å². The average Bonchev–Trinajstić information content (AvgIpc) is 3.04. The molecule has 0 bridgehead atoms. The van der Waals surface area contributed by atoms with E-state index in [9.17, 15) is 13.2 Å². The van der Waals surface area contributed by atoms with E-state index in [4.69, 9.17) is 0 Å². The molecule has 0 radical (unpaired) electrons. The van der Waals surface area contributed by atoms with E-state index in [-0.39, 0.29) is 0 Å². The number of halogens is 3. The van der Waals surface area contributed by atoms with E-state index in [1.165, 1.54) is 12.1 Å². The highest BCUT2D eigenvalue weighted by molar-refractivity contribution is 7.15. The van der Waals surface area contributed by atoms with Crippen LogP contribution in [0.25, 0.3) is 10.4 Å². The summed E-state index contributed by atoms with van der Waals surface area (Å²) < 4.78 is 37.5. The number of pyridine rings is 1. The largest absolute Gasteiger partial charge is 0.416 e. The Bertz CT molecular complexity index is 783. The maximum absolute atomic E-state index is 12.5. The molecule has 3 nitrogen and oxygen atoms in total. The van der Waals surface area contributed by atoms with Gasteiger partial charge in [0.15, 0.2) is 0 Å². The molecule has 0 aliphatic rings. The van der Waals surface area contributed by atoms with Crippen LogP contribution in [0.2, 0.25) is 0 Å². The highest BCUT2D eigenvalue weighted by Crippen LogP contribution is 2.29. The van der Waals surface area contributed by atoms with Gasteiger partial charge in [-0.1, -0.05) is 18.2 Å². The Kier molecular flexibility index (Phi) is 4.92. The number of benzene rings is 1. The molecule has 0 aliphatic carbocycles. The first-order valence-electron chi connectivity index (χ1n) is 7.24. The smallest absolute Gasteiger partial charge is 0.306 e. The highest BCUT2D eigenvalue weighted by Gasteiger charge is 2.29. The van der Waals surface area contributed by atoms with Crippen LogP contribution in [0.4, 0.5) is 13.2 Å². The van der Waals surface area contributed by atoms with E-state index in [2.05, 4.69) is 15.3 Å². The molecule has 1 aromatic carbocycles. The Morgan fingerprint density at radius 1 is 1.00 bits per heavy atom. The maximum Gasteiger partial charge on any atom is 0.416 e. The van der Waals surface area contributed by atoms with Crippen LogP contribution in [0.5, 0.6) is 0 Å². The Hall–Kier alpha value is -2.25. The van der Waals surface area contributed by atoms with E-state index >= 15 is 0 Å². The minimum absolute atomic E-state index is 0.486. The zero-order chi connectivity index (χ0) is 17.0. The van der Waals surface area contributed by atoms with Crippen molar-refractivity contribution in [3.63, 3.8) is 0 Å². The second-order valence-corrected chi connectivity index (χ2v) is 6.27. The molecule has 0 saturated carbocycles. The lowest BCUT2D eigenvalue weighted by Gasteiger charge is -2.08. The molecule has 0 spiro atoms. The van der Waals surface area contributed by atoms with Crippen LogP contribution in [0.15, 0.2) is 55.0 Å². The van der Waals surface area contributed by atoms with E-state index in [1.54, 1.807) is 29.9 Å². The first-order chi connectivity index (χ1) is 11.5. The third-order valence-corrected chi connectivity index (χ3v) is 4.43. The molecule has 0 saturated heterocycles. The number of hydrogen-bond acceptors (Lipinski definition) is 4. The Morgan fingerprint density at radius 3 is 2.46 bits per heavy atom. The maximum atomic E-state index is 12.5. The number of hydrogen-bond donors (Lipinski definition) is 1. The molecule has 7 heteroatoms. The van der Waals surface area contributed by atoms with E-state index in [0.29, 0.717) is 13.1 Å². The van der Waals surface area contributed by atoms with Gasteiger partial charge < -0.3 is 5.32 Å². The zero-order valence-electron chi connectivity index (χ0n) is 12.5. The molecule has 0 atom stereocenters. The van der Waals surface area contributed by atoms with E-state index in [1.807, 2.05) is 12.1 Å². The topological polar surface area (TPSA) is 37.8 Å². The van der Waals surface area contributed by atoms with Gasteiger partial charge in [0.1, 0.15) is 5.01 Å². The predicted octanol–water partition coefficient (Wildman–Crippen LogP) is 4.51. The molecule has 0 amide bonds. The fraction of sp³-hybridized carbons (Fsp3) is 0.176. The number of rotatable bonds is 5. The molecule has 24 heavy (non-hydrogen) atoms. The number of nitrogens with zero attached hydrogens (tertiary/aromatic N) is 2. The van der Waals surface area contributed by atoms with Crippen LogP contribution in [0, 0.1) is 0 Å². The van der Waals surface area contributed by atoms with Crippen molar-refractivity contribution in [1.82, 2.24) is 15.3 Å². The van der Waals surface area contributed by atoms with Crippen molar-refractivity contribution in [1.29, 1.82) is 0 Å². The van der Waals surface area contributed by atoms with Gasteiger partial charge in [-0.2, -0.15) is 13.2 Å². The Balaban J connectivity index is 1.54. The fourth-order valence-electron chi connectivity index (χ4n) is 2.16. The summed E-state index contributed by atoms with van der Waals surface area (Å²) in [6, 6.07) is 9.01. The third kappa shape index (κ3) is 4.18. The lowest BCUT2D eigenvalue weighted by atomic mass is 10.1. The normalized spacial score (nSPS) is 11.6. The van der Waals surface area contributed by atoms with Crippen molar-refractivity contribution < 1.29 is 13.2 Å². The lowest BCUT2D eigenvalue weighted by molar-refractivity contribution is -0.137. The fourth-order valence-corrected chi connectivity index (χ4v) is 3.04. The van der Waals surface area contributed by atoms with Gasteiger partial charge in [-0.25, -0.2) is 4.98 Å². The monoisotopic (exact) mass is 349 g/mol. The minimum Gasteiger partial charge on any atom is -0.306 e. The highest BCUT2D eigenvalue weighted by atomic mass is 32.1. The molecule has 124 valence electrons. The summed E-state index contributed by atoms with van der Waals surface area (Å²) in [5, 5.41) is 4.11. The van der Waals surface area contributed by atoms with Crippen molar-refractivity contribution >= 4 is 11.3 Å². The summed E-state index contributed by atoms with van der Waals surface area (Å²) in [5.74, 6) is 0. The van der Waals surface area contributed by atoms with Crippen LogP contribution in [0.3, 0.4) is 0 Å². The second kappa shape index (κ2) is 7.11. The average molecular weight is 349 g/mol. The summed E-state index contributed by atoms with van der Waals surface area (Å²) in [7, 11) is 0. The summed E-state index contributed by atoms with van der Waals surface area (Å²) in [4.78, 5) is 9.47. The van der Waals surface area contributed by atoms with Crippen molar-refractivity contribution in [3.8, 4) is 10.4 Å². The standard InChI is InChI=1S/C17H14F3N3S/c18-17(19,20)14-5-3-12(4-6-14)8-22-11-16-23-10-15(24-16)13-2-1-7-21-9-13/h1-7,9-10,22H,8,11H2. The van der Waals surface area contributed by atoms with Gasteiger partial charge in [0, 0.05) is 37.2 Å². The number of aromatic nitrogens is 2. The second-order valence-electron chi connectivity index (χ2n) is 5.16. The number of thiazole rings is 1. The Morgan fingerprint density at radius 2 is 1.79 bits per heavy atom. The van der Waals surface area contributed by atoms with Gasteiger partial charge in [0.25, 0.3) is 0 Å². The molecular weight excluding hydrogens is 335 g/mol. The van der Waals surface area contributed by atoms with Crippen LogP contribution in [-0.4, -0.2) is 9.97 Å². The predicted molar refractivity (Wildman–Crippen MR) is 87.3 cm³/mol. The molecule has 0 aliphatic heterocycles. The molecule has 3 rings (SSSR count). The first kappa shape index (κ1) is 16.6. The molecule has 1 N–H and O–H groups in total. The number of alkyl halides is 3. The van der Waals surface area contributed by atoms with Crippen LogP contribution in [0.1, 0.15) is 16.1 Å². The van der Waals surface area contributed by atoms with Crippen molar-refractivity contribution in [2.45, 2.75) is 19.3 Å². The zero-order valence-corrected chi connectivity index (χ0v) is 13.4. The van der Waals surface area contributed by atoms with Crippen LogP contribution < -0.4 is 5.32 Å². The third-order valence-electron chi connectivity index (χ3n) is 3.39. The molecule has 0 fully saturated rings.